The lowest BCUT2D eigenvalue weighted by atomic mass is 9.90. The fourth-order valence-electron chi connectivity index (χ4n) is 8.00. The zero-order valence-corrected chi connectivity index (χ0v) is 27.7. The average molecular weight is 654 g/mol. The first-order valence-electron chi connectivity index (χ1n) is 16.9. The van der Waals surface area contributed by atoms with E-state index in [4.69, 9.17) is 9.97 Å². The number of para-hydroxylation sites is 1. The summed E-state index contributed by atoms with van der Waals surface area (Å²) in [5.74, 6) is 0.679. The van der Waals surface area contributed by atoms with Crippen LogP contribution in [0.2, 0.25) is 0 Å². The second-order valence-corrected chi connectivity index (χ2v) is 14.0. The smallest absolute Gasteiger partial charge is 0.235 e. The van der Waals surface area contributed by atoms with Gasteiger partial charge in [-0.2, -0.15) is 0 Å². The zero-order valence-electron chi connectivity index (χ0n) is 26.8. The molecule has 0 saturated heterocycles. The van der Waals surface area contributed by atoms with Crippen molar-refractivity contribution in [3.63, 3.8) is 0 Å². The van der Waals surface area contributed by atoms with Crippen molar-refractivity contribution in [2.45, 2.75) is 0 Å². The summed E-state index contributed by atoms with van der Waals surface area (Å²) in [4.78, 5) is 11.9. The minimum Gasteiger partial charge on any atom is -0.278 e. The van der Waals surface area contributed by atoms with E-state index in [9.17, 15) is 0 Å². The lowest BCUT2D eigenvalue weighted by Crippen LogP contribution is -2.03. The normalized spacial score (nSPS) is 12.0. The molecule has 11 rings (SSSR count). The van der Waals surface area contributed by atoms with E-state index in [0.717, 1.165) is 33.2 Å². The van der Waals surface area contributed by atoms with Crippen molar-refractivity contribution in [2.75, 3.05) is 0 Å². The number of fused-ring (bicyclic) bond motifs is 4. The molecule has 0 spiro atoms. The maximum absolute atomic E-state index is 5.37. The van der Waals surface area contributed by atoms with Crippen LogP contribution in [-0.4, -0.2) is 14.5 Å². The summed E-state index contributed by atoms with van der Waals surface area (Å²) < 4.78 is 3.58. The summed E-state index contributed by atoms with van der Waals surface area (Å²) in [6.07, 6.45) is 0. The van der Waals surface area contributed by atoms with Gasteiger partial charge in [0.15, 0.2) is 0 Å². The Morgan fingerprint density at radius 3 is 1.94 bits per heavy atom. The lowest BCUT2D eigenvalue weighted by molar-refractivity contribution is 1.01. The quantitative estimate of drug-likeness (QED) is 0.189. The highest BCUT2D eigenvalue weighted by molar-refractivity contribution is 7.23. The molecule has 0 atom stereocenters. The van der Waals surface area contributed by atoms with Gasteiger partial charge in [-0.1, -0.05) is 133 Å². The molecule has 0 bridgehead atoms. The molecule has 0 fully saturated rings. The Labute approximate surface area is 292 Å². The van der Waals surface area contributed by atoms with Gasteiger partial charge in [0.05, 0.1) is 22.2 Å². The minimum absolute atomic E-state index is 0.679. The summed E-state index contributed by atoms with van der Waals surface area (Å²) in [7, 11) is 0. The van der Waals surface area contributed by atoms with Gasteiger partial charge in [0, 0.05) is 42.2 Å². The Morgan fingerprint density at radius 1 is 0.440 bits per heavy atom. The van der Waals surface area contributed by atoms with Crippen molar-refractivity contribution >= 4 is 54.1 Å². The topological polar surface area (TPSA) is 30.7 Å². The summed E-state index contributed by atoms with van der Waals surface area (Å²) in [6, 6.07) is 58.7. The van der Waals surface area contributed by atoms with Gasteiger partial charge in [-0.15, -0.1) is 11.3 Å². The van der Waals surface area contributed by atoms with Gasteiger partial charge in [0.2, 0.25) is 5.95 Å². The highest BCUT2D eigenvalue weighted by Crippen LogP contribution is 2.55. The molecule has 3 aromatic heterocycles. The van der Waals surface area contributed by atoms with E-state index in [2.05, 4.69) is 168 Å². The summed E-state index contributed by atoms with van der Waals surface area (Å²) >= 11 is 1.88. The molecule has 232 valence electrons. The molecular weight excluding hydrogens is 627 g/mol. The molecule has 4 heteroatoms. The van der Waals surface area contributed by atoms with Crippen LogP contribution in [0.1, 0.15) is 0 Å². The molecule has 0 amide bonds. The Morgan fingerprint density at radius 2 is 1.14 bits per heavy atom. The van der Waals surface area contributed by atoms with Gasteiger partial charge in [0.25, 0.3) is 0 Å². The molecule has 1 aliphatic rings. The first-order valence-corrected chi connectivity index (χ1v) is 17.7. The van der Waals surface area contributed by atoms with Crippen LogP contribution in [0.4, 0.5) is 0 Å². The van der Waals surface area contributed by atoms with Gasteiger partial charge in [-0.05, 0) is 63.7 Å². The molecule has 7 aromatic carbocycles. The highest BCUT2D eigenvalue weighted by Gasteiger charge is 2.29. The van der Waals surface area contributed by atoms with Gasteiger partial charge < -0.3 is 0 Å². The number of hydrogen-bond donors (Lipinski definition) is 0. The van der Waals surface area contributed by atoms with E-state index in [0.29, 0.717) is 5.95 Å². The van der Waals surface area contributed by atoms with E-state index >= 15 is 0 Å². The van der Waals surface area contributed by atoms with Crippen molar-refractivity contribution < 1.29 is 0 Å². The minimum atomic E-state index is 0.679. The fraction of sp³-hybridized carbons (Fsp3) is 0. The Hall–Kier alpha value is -6.36. The standard InChI is InChI=1S/C46H27N3S/c1-4-13-28(14-5-1)31-23-24-33-35(27-31)32-20-12-22-37-40(32)42-38(25-26-39-43(42)41(33)45(50-39)30-17-8-3-9-18-30)49(37)46-47-36-21-11-10-19-34(36)44(48-46)29-15-6-2-7-16-29/h1-27H. The maximum atomic E-state index is 5.37. The second-order valence-electron chi connectivity index (χ2n) is 12.9. The molecule has 1 aliphatic carbocycles. The molecule has 10 aromatic rings. The molecule has 0 saturated carbocycles. The number of benzene rings is 7. The Bertz CT molecular complexity index is 2960. The van der Waals surface area contributed by atoms with Gasteiger partial charge >= 0.3 is 0 Å². The summed E-state index contributed by atoms with van der Waals surface area (Å²) in [6.45, 7) is 0. The fourth-order valence-corrected chi connectivity index (χ4v) is 9.23. The van der Waals surface area contributed by atoms with E-state index in [1.807, 2.05) is 11.3 Å². The van der Waals surface area contributed by atoms with Crippen LogP contribution in [0.3, 0.4) is 0 Å². The predicted octanol–water partition coefficient (Wildman–Crippen LogP) is 12.6. The molecule has 0 unspecified atom stereocenters. The molecule has 0 N–H and O–H groups in total. The van der Waals surface area contributed by atoms with Crippen molar-refractivity contribution in [3.05, 3.63) is 164 Å². The third-order valence-corrected chi connectivity index (χ3v) is 11.4. The Balaban J connectivity index is 1.30. The highest BCUT2D eigenvalue weighted by atomic mass is 32.1. The van der Waals surface area contributed by atoms with E-state index in [-0.39, 0.29) is 0 Å². The van der Waals surface area contributed by atoms with E-state index < -0.39 is 0 Å². The lowest BCUT2D eigenvalue weighted by Gasteiger charge is -2.15. The average Bonchev–Trinajstić information content (AvgIpc) is 3.71. The first-order chi connectivity index (χ1) is 24.8. The molecule has 50 heavy (non-hydrogen) atoms. The molecule has 3 heterocycles. The van der Waals surface area contributed by atoms with Crippen LogP contribution < -0.4 is 0 Å². The number of rotatable bonds is 4. The third kappa shape index (κ3) is 3.91. The summed E-state index contributed by atoms with van der Waals surface area (Å²) in [5.41, 5.74) is 13.9. The molecule has 0 aliphatic heterocycles. The Kier molecular flexibility index (Phi) is 5.83. The second kappa shape index (κ2) is 10.6. The first kappa shape index (κ1) is 27.6. The van der Waals surface area contributed by atoms with E-state index in [1.165, 1.54) is 64.7 Å². The summed E-state index contributed by atoms with van der Waals surface area (Å²) in [5, 5.41) is 4.85. The van der Waals surface area contributed by atoms with Gasteiger partial charge in [-0.3, -0.25) is 4.57 Å². The number of aromatic nitrogens is 3. The van der Waals surface area contributed by atoms with Crippen LogP contribution in [0.15, 0.2) is 164 Å². The van der Waals surface area contributed by atoms with Crippen LogP contribution in [0.5, 0.6) is 0 Å². The number of thiophene rings is 1. The SMILES string of the molecule is c1ccc(-c2ccc3c(c2)-c2cccc4c2c2c5c-3c(-c3ccccc3)sc5ccc2n4-c2nc(-c3ccccc3)c3ccccc3n2)cc1. The van der Waals surface area contributed by atoms with Crippen molar-refractivity contribution in [2.24, 2.45) is 0 Å². The van der Waals surface area contributed by atoms with Gasteiger partial charge in [-0.25, -0.2) is 9.97 Å². The van der Waals surface area contributed by atoms with E-state index in [1.54, 1.807) is 0 Å². The molecule has 0 radical (unpaired) electrons. The van der Waals surface area contributed by atoms with Crippen LogP contribution in [0.25, 0.3) is 104 Å². The van der Waals surface area contributed by atoms with Crippen molar-refractivity contribution in [1.29, 1.82) is 0 Å². The molecule has 3 nitrogen and oxygen atoms in total. The van der Waals surface area contributed by atoms with Crippen LogP contribution in [-0.2, 0) is 0 Å². The zero-order chi connectivity index (χ0) is 32.8. The monoisotopic (exact) mass is 653 g/mol. The van der Waals surface area contributed by atoms with Crippen molar-refractivity contribution in [3.8, 4) is 61.0 Å². The number of nitrogens with zero attached hydrogens (tertiary/aromatic N) is 3. The predicted molar refractivity (Wildman–Crippen MR) is 210 cm³/mol. The third-order valence-electron chi connectivity index (χ3n) is 10.2. The number of hydrogen-bond acceptors (Lipinski definition) is 3. The maximum Gasteiger partial charge on any atom is 0.235 e. The van der Waals surface area contributed by atoms with Crippen molar-refractivity contribution in [1.82, 2.24) is 14.5 Å². The van der Waals surface area contributed by atoms with Crippen LogP contribution in [0, 0.1) is 0 Å². The van der Waals surface area contributed by atoms with Crippen LogP contribution >= 0.6 is 11.3 Å². The van der Waals surface area contributed by atoms with Gasteiger partial charge in [0.1, 0.15) is 0 Å². The molecular formula is C46H27N3S. The largest absolute Gasteiger partial charge is 0.278 e.